The highest BCUT2D eigenvalue weighted by Gasteiger charge is 2.21. The molecule has 32 heavy (non-hydrogen) atoms. The molecule has 1 aliphatic heterocycles. The summed E-state index contributed by atoms with van der Waals surface area (Å²) >= 11 is 0. The predicted molar refractivity (Wildman–Crippen MR) is 125 cm³/mol. The van der Waals surface area contributed by atoms with Crippen molar-refractivity contribution in [3.63, 3.8) is 0 Å². The Kier molecular flexibility index (Phi) is 8.50. The van der Waals surface area contributed by atoms with Crippen LogP contribution >= 0.6 is 0 Å². The highest BCUT2D eigenvalue weighted by atomic mass is 16.5. The van der Waals surface area contributed by atoms with E-state index >= 15 is 0 Å². The topological polar surface area (TPSA) is 94.5 Å². The molecular weight excluding hydrogens is 404 g/mol. The van der Waals surface area contributed by atoms with Gasteiger partial charge in [0, 0.05) is 24.5 Å². The highest BCUT2D eigenvalue weighted by molar-refractivity contribution is 5.97. The maximum absolute atomic E-state index is 12.9. The monoisotopic (exact) mass is 434 g/mol. The van der Waals surface area contributed by atoms with Crippen LogP contribution in [-0.2, 0) is 9.59 Å². The third-order valence-corrected chi connectivity index (χ3v) is 5.45. The molecule has 7 heteroatoms. The van der Waals surface area contributed by atoms with Crippen molar-refractivity contribution in [3.05, 3.63) is 54.1 Å². The number of unbranched alkanes of at least 4 members (excludes halogenated alkanes) is 1. The van der Waals surface area contributed by atoms with Crippen LogP contribution in [0.5, 0.6) is 5.75 Å². The Balaban J connectivity index is 1.60. The SMILES string of the molecule is CCCCC(NC(=O)COc1ccccc1C#N)C(=O)Nc1cccc(N2CCCC2)c1. The van der Waals surface area contributed by atoms with E-state index in [9.17, 15) is 9.59 Å². The number of hydrogen-bond donors (Lipinski definition) is 2. The maximum atomic E-state index is 12.9. The van der Waals surface area contributed by atoms with Gasteiger partial charge in [0.15, 0.2) is 6.61 Å². The van der Waals surface area contributed by atoms with Gasteiger partial charge in [-0.2, -0.15) is 5.26 Å². The lowest BCUT2D eigenvalue weighted by Crippen LogP contribution is -2.45. The molecule has 1 atom stereocenters. The second-order valence-corrected chi connectivity index (χ2v) is 7.89. The number of ether oxygens (including phenoxy) is 1. The van der Waals surface area contributed by atoms with E-state index < -0.39 is 11.9 Å². The second-order valence-electron chi connectivity index (χ2n) is 7.89. The Hall–Kier alpha value is -3.53. The third-order valence-electron chi connectivity index (χ3n) is 5.45. The molecule has 2 N–H and O–H groups in total. The van der Waals surface area contributed by atoms with Crippen molar-refractivity contribution < 1.29 is 14.3 Å². The molecule has 0 radical (unpaired) electrons. The van der Waals surface area contributed by atoms with E-state index in [0.29, 0.717) is 23.4 Å². The van der Waals surface area contributed by atoms with Crippen molar-refractivity contribution in [1.29, 1.82) is 5.26 Å². The lowest BCUT2D eigenvalue weighted by atomic mass is 10.1. The summed E-state index contributed by atoms with van der Waals surface area (Å²) in [6.45, 7) is 3.83. The first-order valence-corrected chi connectivity index (χ1v) is 11.2. The molecule has 1 unspecified atom stereocenters. The number of carbonyl (C=O) groups is 2. The van der Waals surface area contributed by atoms with Gasteiger partial charge in [0.05, 0.1) is 5.56 Å². The minimum atomic E-state index is -0.660. The van der Waals surface area contributed by atoms with Crippen LogP contribution in [0, 0.1) is 11.3 Å². The zero-order chi connectivity index (χ0) is 22.8. The number of para-hydroxylation sites is 1. The fourth-order valence-electron chi connectivity index (χ4n) is 3.73. The van der Waals surface area contributed by atoms with Crippen LogP contribution in [-0.4, -0.2) is 37.6 Å². The molecule has 2 amide bonds. The molecule has 168 valence electrons. The molecule has 0 aliphatic carbocycles. The van der Waals surface area contributed by atoms with Crippen molar-refractivity contribution >= 4 is 23.2 Å². The molecule has 1 fully saturated rings. The number of benzene rings is 2. The van der Waals surface area contributed by atoms with Crippen LogP contribution in [0.3, 0.4) is 0 Å². The molecule has 2 aromatic rings. The van der Waals surface area contributed by atoms with Gasteiger partial charge in [-0.05, 0) is 49.6 Å². The summed E-state index contributed by atoms with van der Waals surface area (Å²) < 4.78 is 5.49. The van der Waals surface area contributed by atoms with Crippen molar-refractivity contribution in [2.24, 2.45) is 0 Å². The van der Waals surface area contributed by atoms with Crippen molar-refractivity contribution in [2.45, 2.75) is 45.1 Å². The largest absolute Gasteiger partial charge is 0.482 e. The smallest absolute Gasteiger partial charge is 0.258 e. The zero-order valence-corrected chi connectivity index (χ0v) is 18.5. The molecule has 0 saturated carbocycles. The number of hydrogen-bond acceptors (Lipinski definition) is 5. The van der Waals surface area contributed by atoms with Crippen molar-refractivity contribution in [1.82, 2.24) is 5.32 Å². The predicted octanol–water partition coefficient (Wildman–Crippen LogP) is 3.85. The van der Waals surface area contributed by atoms with Gasteiger partial charge in [0.25, 0.3) is 5.91 Å². The number of nitrogens with zero attached hydrogens (tertiary/aromatic N) is 2. The van der Waals surface area contributed by atoms with Gasteiger partial charge >= 0.3 is 0 Å². The van der Waals surface area contributed by atoms with Gasteiger partial charge in [0.1, 0.15) is 17.9 Å². The molecule has 3 rings (SSSR count). The van der Waals surface area contributed by atoms with Crippen molar-refractivity contribution in [2.75, 3.05) is 29.9 Å². The van der Waals surface area contributed by atoms with Gasteiger partial charge in [-0.25, -0.2) is 0 Å². The quantitative estimate of drug-likeness (QED) is 0.592. The normalized spacial score (nSPS) is 13.8. The number of carbonyl (C=O) groups excluding carboxylic acids is 2. The molecule has 0 aromatic heterocycles. The third kappa shape index (κ3) is 6.48. The molecule has 7 nitrogen and oxygen atoms in total. The molecule has 1 heterocycles. The first kappa shape index (κ1) is 23.1. The molecular formula is C25H30N4O3. The Morgan fingerprint density at radius 3 is 2.69 bits per heavy atom. The molecule has 0 bridgehead atoms. The molecule has 1 saturated heterocycles. The fourth-order valence-corrected chi connectivity index (χ4v) is 3.73. The summed E-state index contributed by atoms with van der Waals surface area (Å²) in [6, 6.07) is 15.9. The summed E-state index contributed by atoms with van der Waals surface area (Å²) in [5, 5.41) is 14.9. The number of amides is 2. The van der Waals surface area contributed by atoms with Crippen LogP contribution < -0.4 is 20.3 Å². The second kappa shape index (κ2) is 11.8. The van der Waals surface area contributed by atoms with Gasteiger partial charge < -0.3 is 20.3 Å². The summed E-state index contributed by atoms with van der Waals surface area (Å²) in [5.74, 6) is -0.305. The maximum Gasteiger partial charge on any atom is 0.258 e. The summed E-state index contributed by atoms with van der Waals surface area (Å²) in [5.41, 5.74) is 2.17. The van der Waals surface area contributed by atoms with Gasteiger partial charge in [0.2, 0.25) is 5.91 Å². The minimum absolute atomic E-state index is 0.247. The van der Waals surface area contributed by atoms with Crippen molar-refractivity contribution in [3.8, 4) is 11.8 Å². The van der Waals surface area contributed by atoms with E-state index in [1.165, 1.54) is 12.8 Å². The Bertz CT molecular complexity index is 964. The number of rotatable bonds is 10. The van der Waals surface area contributed by atoms with E-state index in [-0.39, 0.29) is 12.5 Å². The minimum Gasteiger partial charge on any atom is -0.482 e. The van der Waals surface area contributed by atoms with Crippen LogP contribution in [0.15, 0.2) is 48.5 Å². The van der Waals surface area contributed by atoms with E-state index in [0.717, 1.165) is 31.6 Å². The number of nitriles is 1. The van der Waals surface area contributed by atoms with Crippen LogP contribution in [0.25, 0.3) is 0 Å². The summed E-state index contributed by atoms with van der Waals surface area (Å²) in [7, 11) is 0. The van der Waals surface area contributed by atoms with Gasteiger partial charge in [-0.3, -0.25) is 9.59 Å². The molecule has 1 aliphatic rings. The van der Waals surface area contributed by atoms with Crippen LogP contribution in [0.2, 0.25) is 0 Å². The summed E-state index contributed by atoms with van der Waals surface area (Å²) in [6.07, 6.45) is 4.63. The highest BCUT2D eigenvalue weighted by Crippen LogP contribution is 2.23. The molecule has 2 aromatic carbocycles. The van der Waals surface area contributed by atoms with E-state index in [4.69, 9.17) is 10.00 Å². The Morgan fingerprint density at radius 1 is 1.16 bits per heavy atom. The van der Waals surface area contributed by atoms with Gasteiger partial charge in [-0.15, -0.1) is 0 Å². The number of anilines is 2. The fraction of sp³-hybridized carbons (Fsp3) is 0.400. The average Bonchev–Trinajstić information content (AvgIpc) is 3.36. The van der Waals surface area contributed by atoms with E-state index in [2.05, 4.69) is 15.5 Å². The van der Waals surface area contributed by atoms with Crippen LogP contribution in [0.4, 0.5) is 11.4 Å². The first-order valence-electron chi connectivity index (χ1n) is 11.2. The van der Waals surface area contributed by atoms with E-state index in [1.54, 1.807) is 24.3 Å². The molecule has 0 spiro atoms. The standard InChI is InChI=1S/C25H30N4O3/c1-2-3-12-22(28-24(30)18-32-23-13-5-4-9-19(23)17-26)25(31)27-20-10-8-11-21(16-20)29-14-6-7-15-29/h4-5,8-11,13,16,22H,2-3,6-7,12,14-15,18H2,1H3,(H,27,31)(H,28,30). The Labute approximate surface area is 189 Å². The first-order chi connectivity index (χ1) is 15.6. The number of nitrogens with one attached hydrogen (secondary N) is 2. The zero-order valence-electron chi connectivity index (χ0n) is 18.5. The Morgan fingerprint density at radius 2 is 1.94 bits per heavy atom. The lowest BCUT2D eigenvalue weighted by molar-refractivity contribution is -0.128. The summed E-state index contributed by atoms with van der Waals surface area (Å²) in [4.78, 5) is 27.7. The van der Waals surface area contributed by atoms with Crippen LogP contribution in [0.1, 0.15) is 44.6 Å². The lowest BCUT2D eigenvalue weighted by Gasteiger charge is -2.21. The van der Waals surface area contributed by atoms with E-state index in [1.807, 2.05) is 37.3 Å². The average molecular weight is 435 g/mol. The van der Waals surface area contributed by atoms with Gasteiger partial charge in [-0.1, -0.05) is 38.0 Å².